The number of allylic oxidation sites excluding steroid dienone is 1. The SMILES string of the molecule is CCCC1CCC(C)C=C(C(=O)OC)[C@@]1(C)OCc1ccncc1. The number of rotatable bonds is 6. The van der Waals surface area contributed by atoms with Crippen molar-refractivity contribution in [1.82, 2.24) is 4.98 Å². The van der Waals surface area contributed by atoms with Crippen LogP contribution in [0.2, 0.25) is 0 Å². The minimum absolute atomic E-state index is 0.276. The number of methoxy groups -OCH3 is 1. The third-order valence-electron chi connectivity index (χ3n) is 5.07. The number of hydrogen-bond acceptors (Lipinski definition) is 4. The summed E-state index contributed by atoms with van der Waals surface area (Å²) in [6.45, 7) is 6.84. The van der Waals surface area contributed by atoms with Crippen molar-refractivity contribution in [2.24, 2.45) is 11.8 Å². The number of ether oxygens (including phenoxy) is 2. The quantitative estimate of drug-likeness (QED) is 0.729. The summed E-state index contributed by atoms with van der Waals surface area (Å²) in [4.78, 5) is 16.5. The molecule has 132 valence electrons. The van der Waals surface area contributed by atoms with Gasteiger partial charge in [0.15, 0.2) is 0 Å². The summed E-state index contributed by atoms with van der Waals surface area (Å²) in [5.41, 5.74) is 1.10. The summed E-state index contributed by atoms with van der Waals surface area (Å²) >= 11 is 0. The highest BCUT2D eigenvalue weighted by Crippen LogP contribution is 2.41. The van der Waals surface area contributed by atoms with Crippen molar-refractivity contribution < 1.29 is 14.3 Å². The van der Waals surface area contributed by atoms with Crippen LogP contribution in [0.3, 0.4) is 0 Å². The van der Waals surface area contributed by atoms with Crippen molar-refractivity contribution in [3.8, 4) is 0 Å². The first-order chi connectivity index (χ1) is 11.5. The van der Waals surface area contributed by atoms with Crippen molar-refractivity contribution in [3.05, 3.63) is 41.7 Å². The van der Waals surface area contributed by atoms with E-state index in [9.17, 15) is 4.79 Å². The first-order valence-corrected chi connectivity index (χ1v) is 8.84. The van der Waals surface area contributed by atoms with Gasteiger partial charge in [0.1, 0.15) is 5.60 Å². The first kappa shape index (κ1) is 18.7. The summed E-state index contributed by atoms with van der Waals surface area (Å²) < 4.78 is 11.5. The van der Waals surface area contributed by atoms with Gasteiger partial charge in [-0.05, 0) is 55.7 Å². The summed E-state index contributed by atoms with van der Waals surface area (Å²) in [5, 5.41) is 0. The monoisotopic (exact) mass is 331 g/mol. The Kier molecular flexibility index (Phi) is 6.55. The molecular formula is C20H29NO3. The maximum Gasteiger partial charge on any atom is 0.336 e. The molecule has 1 aromatic heterocycles. The van der Waals surface area contributed by atoms with Crippen LogP contribution in [-0.4, -0.2) is 23.7 Å². The summed E-state index contributed by atoms with van der Waals surface area (Å²) in [7, 11) is 1.44. The molecule has 1 aromatic rings. The molecule has 0 aromatic carbocycles. The van der Waals surface area contributed by atoms with Crippen molar-refractivity contribution in [3.63, 3.8) is 0 Å². The third kappa shape index (κ3) is 4.23. The average Bonchev–Trinajstić information content (AvgIpc) is 2.72. The van der Waals surface area contributed by atoms with Gasteiger partial charge in [-0.2, -0.15) is 0 Å². The molecule has 0 saturated carbocycles. The fraction of sp³-hybridized carbons (Fsp3) is 0.600. The molecule has 1 heterocycles. The van der Waals surface area contributed by atoms with Gasteiger partial charge >= 0.3 is 5.97 Å². The van der Waals surface area contributed by atoms with Crippen LogP contribution in [0.25, 0.3) is 0 Å². The summed E-state index contributed by atoms with van der Waals surface area (Å²) in [5.74, 6) is 0.381. The van der Waals surface area contributed by atoms with Gasteiger partial charge in [-0.3, -0.25) is 4.98 Å². The first-order valence-electron chi connectivity index (χ1n) is 8.84. The zero-order valence-corrected chi connectivity index (χ0v) is 15.2. The second kappa shape index (κ2) is 8.43. The summed E-state index contributed by atoms with van der Waals surface area (Å²) in [6, 6.07) is 3.89. The number of hydrogen-bond donors (Lipinski definition) is 0. The smallest absolute Gasteiger partial charge is 0.336 e. The molecule has 3 atom stereocenters. The van der Waals surface area contributed by atoms with E-state index in [4.69, 9.17) is 9.47 Å². The Morgan fingerprint density at radius 3 is 2.67 bits per heavy atom. The molecule has 0 saturated heterocycles. The van der Waals surface area contributed by atoms with Crippen molar-refractivity contribution >= 4 is 5.97 Å². The lowest BCUT2D eigenvalue weighted by Crippen LogP contribution is -2.42. The van der Waals surface area contributed by atoms with Gasteiger partial charge in [-0.1, -0.05) is 26.3 Å². The second-order valence-corrected chi connectivity index (χ2v) is 6.86. The van der Waals surface area contributed by atoms with Gasteiger partial charge in [0.05, 0.1) is 19.3 Å². The molecule has 0 bridgehead atoms. The number of esters is 1. The second-order valence-electron chi connectivity index (χ2n) is 6.86. The minimum Gasteiger partial charge on any atom is -0.466 e. The number of carbonyl (C=O) groups is 1. The van der Waals surface area contributed by atoms with Gasteiger partial charge in [-0.15, -0.1) is 0 Å². The number of nitrogens with zero attached hydrogens (tertiary/aromatic N) is 1. The number of carbonyl (C=O) groups excluding carboxylic acids is 1. The predicted molar refractivity (Wildman–Crippen MR) is 94.3 cm³/mol. The van der Waals surface area contributed by atoms with Gasteiger partial charge in [-0.25, -0.2) is 4.79 Å². The Hall–Kier alpha value is -1.68. The van der Waals surface area contributed by atoms with E-state index in [2.05, 4.69) is 25.8 Å². The molecule has 4 heteroatoms. The molecule has 1 aliphatic rings. The normalized spacial score (nSPS) is 27.2. The molecule has 0 N–H and O–H groups in total. The predicted octanol–water partition coefficient (Wildman–Crippen LogP) is 4.30. The van der Waals surface area contributed by atoms with E-state index in [0.29, 0.717) is 24.0 Å². The van der Waals surface area contributed by atoms with Crippen molar-refractivity contribution in [1.29, 1.82) is 0 Å². The average molecular weight is 331 g/mol. The molecule has 2 rings (SSSR count). The lowest BCUT2D eigenvalue weighted by Gasteiger charge is -2.38. The molecule has 2 unspecified atom stereocenters. The Morgan fingerprint density at radius 2 is 2.04 bits per heavy atom. The largest absolute Gasteiger partial charge is 0.466 e. The van der Waals surface area contributed by atoms with E-state index in [0.717, 1.165) is 31.2 Å². The van der Waals surface area contributed by atoms with Crippen molar-refractivity contribution in [2.75, 3.05) is 7.11 Å². The van der Waals surface area contributed by atoms with Crippen LogP contribution in [0.4, 0.5) is 0 Å². The standard InChI is InChI=1S/C20H29NO3/c1-5-6-17-8-7-15(2)13-18(19(22)23-4)20(17,3)24-14-16-9-11-21-12-10-16/h9-13,15,17H,5-8,14H2,1-4H3/t15?,17?,20-/m0/s1. The molecule has 0 fully saturated rings. The van der Waals surface area contributed by atoms with E-state index in [1.807, 2.05) is 18.2 Å². The summed E-state index contributed by atoms with van der Waals surface area (Å²) in [6.07, 6.45) is 9.80. The van der Waals surface area contributed by atoms with Crippen LogP contribution in [0, 0.1) is 11.8 Å². The zero-order chi connectivity index (χ0) is 17.6. The topological polar surface area (TPSA) is 48.4 Å². The van der Waals surface area contributed by atoms with Crippen LogP contribution >= 0.6 is 0 Å². The molecule has 4 nitrogen and oxygen atoms in total. The van der Waals surface area contributed by atoms with Crippen LogP contribution < -0.4 is 0 Å². The lowest BCUT2D eigenvalue weighted by molar-refractivity contribution is -0.142. The lowest BCUT2D eigenvalue weighted by atomic mass is 9.78. The number of pyridine rings is 1. The highest BCUT2D eigenvalue weighted by Gasteiger charge is 2.43. The van der Waals surface area contributed by atoms with E-state index in [1.165, 1.54) is 7.11 Å². The van der Waals surface area contributed by atoms with Gasteiger partial charge < -0.3 is 9.47 Å². The molecule has 1 aliphatic carbocycles. The van der Waals surface area contributed by atoms with Crippen LogP contribution in [0.5, 0.6) is 0 Å². The molecule has 0 radical (unpaired) electrons. The maximum atomic E-state index is 12.5. The molecule has 0 amide bonds. The van der Waals surface area contributed by atoms with Crippen LogP contribution in [0.15, 0.2) is 36.2 Å². The van der Waals surface area contributed by atoms with Crippen LogP contribution in [0.1, 0.15) is 52.0 Å². The fourth-order valence-corrected chi connectivity index (χ4v) is 3.55. The Labute approximate surface area is 145 Å². The Morgan fingerprint density at radius 1 is 1.33 bits per heavy atom. The zero-order valence-electron chi connectivity index (χ0n) is 15.2. The third-order valence-corrected chi connectivity index (χ3v) is 5.07. The van der Waals surface area contributed by atoms with Gasteiger partial charge in [0.2, 0.25) is 0 Å². The Bertz CT molecular complexity index is 570. The highest BCUT2D eigenvalue weighted by atomic mass is 16.5. The highest BCUT2D eigenvalue weighted by molar-refractivity contribution is 5.90. The fourth-order valence-electron chi connectivity index (χ4n) is 3.55. The minimum atomic E-state index is -0.628. The molecule has 0 spiro atoms. The molecule has 0 aliphatic heterocycles. The number of aromatic nitrogens is 1. The van der Waals surface area contributed by atoms with E-state index in [1.54, 1.807) is 12.4 Å². The molecular weight excluding hydrogens is 302 g/mol. The van der Waals surface area contributed by atoms with Crippen LogP contribution in [-0.2, 0) is 20.9 Å². The Balaban J connectivity index is 2.33. The van der Waals surface area contributed by atoms with Gasteiger partial charge in [0.25, 0.3) is 0 Å². The van der Waals surface area contributed by atoms with Crippen molar-refractivity contribution in [2.45, 2.75) is 58.7 Å². The van der Waals surface area contributed by atoms with Gasteiger partial charge in [0, 0.05) is 12.4 Å². The van der Waals surface area contributed by atoms with E-state index >= 15 is 0 Å². The maximum absolute atomic E-state index is 12.5. The molecule has 24 heavy (non-hydrogen) atoms. The van der Waals surface area contributed by atoms with E-state index in [-0.39, 0.29) is 5.97 Å². The van der Waals surface area contributed by atoms with E-state index < -0.39 is 5.60 Å².